The third-order valence-corrected chi connectivity index (χ3v) is 5.08. The van der Waals surface area contributed by atoms with E-state index in [-0.39, 0.29) is 0 Å². The number of carbonyl (C=O) groups is 1. The number of aryl methyl sites for hydroxylation is 1. The molecule has 2 aromatic carbocycles. The second kappa shape index (κ2) is 8.73. The van der Waals surface area contributed by atoms with Gasteiger partial charge in [-0.05, 0) is 55.8 Å². The summed E-state index contributed by atoms with van der Waals surface area (Å²) < 4.78 is 31.1. The number of rotatable bonds is 8. The molecule has 0 bridgehead atoms. The van der Waals surface area contributed by atoms with Crippen molar-refractivity contribution in [2.24, 2.45) is 0 Å². The topological polar surface area (TPSA) is 75.7 Å². The second-order valence-corrected chi connectivity index (χ2v) is 8.05. The lowest BCUT2D eigenvalue weighted by atomic mass is 10.2. The molecule has 0 radical (unpaired) electrons. The molecule has 2 aromatic rings. The van der Waals surface area contributed by atoms with Crippen LogP contribution >= 0.6 is 0 Å². The number of nitrogens with zero attached hydrogens (tertiary/aromatic N) is 1. The number of hydrogen-bond donors (Lipinski definition) is 1. The van der Waals surface area contributed by atoms with Crippen molar-refractivity contribution in [1.29, 1.82) is 0 Å². The lowest BCUT2D eigenvalue weighted by Crippen LogP contribution is -2.45. The molecule has 144 valence electrons. The second-order valence-electron chi connectivity index (χ2n) is 6.19. The molecule has 0 aromatic heterocycles. The Kier molecular flexibility index (Phi) is 6.63. The van der Waals surface area contributed by atoms with Crippen molar-refractivity contribution >= 4 is 27.3 Å². The van der Waals surface area contributed by atoms with Crippen LogP contribution in [0.15, 0.2) is 61.2 Å². The van der Waals surface area contributed by atoms with E-state index in [0.29, 0.717) is 23.7 Å². The molecule has 6 nitrogen and oxygen atoms in total. The van der Waals surface area contributed by atoms with Gasteiger partial charge in [-0.3, -0.25) is 9.10 Å². The molecule has 0 unspecified atom stereocenters. The zero-order chi connectivity index (χ0) is 20.0. The SMILES string of the molecule is C=CCOc1ccc(NC(=O)[C@@H](C)N(c2cccc(C)c2)S(C)(=O)=O)cc1. The first-order valence-electron chi connectivity index (χ1n) is 8.43. The predicted octanol–water partition coefficient (Wildman–Crippen LogP) is 3.35. The Morgan fingerprint density at radius 2 is 1.93 bits per heavy atom. The van der Waals surface area contributed by atoms with Crippen molar-refractivity contribution in [3.05, 3.63) is 66.7 Å². The van der Waals surface area contributed by atoms with E-state index in [9.17, 15) is 13.2 Å². The van der Waals surface area contributed by atoms with Gasteiger partial charge in [-0.15, -0.1) is 0 Å². The van der Waals surface area contributed by atoms with Crippen LogP contribution in [0.1, 0.15) is 12.5 Å². The monoisotopic (exact) mass is 388 g/mol. The van der Waals surface area contributed by atoms with E-state index >= 15 is 0 Å². The first kappa shape index (κ1) is 20.5. The van der Waals surface area contributed by atoms with Crippen LogP contribution in [0.5, 0.6) is 5.75 Å². The third-order valence-electron chi connectivity index (χ3n) is 3.83. The maximum absolute atomic E-state index is 12.7. The van der Waals surface area contributed by atoms with Crippen LogP contribution in [0.4, 0.5) is 11.4 Å². The number of hydrogen-bond acceptors (Lipinski definition) is 4. The molecule has 0 spiro atoms. The lowest BCUT2D eigenvalue weighted by molar-refractivity contribution is -0.116. The summed E-state index contributed by atoms with van der Waals surface area (Å²) in [6.07, 6.45) is 2.73. The Balaban J connectivity index is 2.19. The molecule has 1 amide bonds. The standard InChI is InChI=1S/C20H24N2O4S/c1-5-13-26-19-11-9-17(10-12-19)21-20(23)16(3)22(27(4,24)25)18-8-6-7-15(2)14-18/h5-12,14,16H,1,13H2,2-4H3,(H,21,23)/t16-/m1/s1. The van der Waals surface area contributed by atoms with Crippen LogP contribution in [-0.4, -0.2) is 33.2 Å². The molecule has 0 aliphatic heterocycles. The summed E-state index contributed by atoms with van der Waals surface area (Å²) in [7, 11) is -3.65. The van der Waals surface area contributed by atoms with Gasteiger partial charge < -0.3 is 10.1 Å². The van der Waals surface area contributed by atoms with Gasteiger partial charge in [-0.25, -0.2) is 8.42 Å². The zero-order valence-corrected chi connectivity index (χ0v) is 16.5. The zero-order valence-electron chi connectivity index (χ0n) is 15.7. The Morgan fingerprint density at radius 1 is 1.26 bits per heavy atom. The van der Waals surface area contributed by atoms with Crippen molar-refractivity contribution in [2.75, 3.05) is 22.5 Å². The summed E-state index contributed by atoms with van der Waals surface area (Å²) in [5.41, 5.74) is 1.91. The first-order valence-corrected chi connectivity index (χ1v) is 10.3. The number of amides is 1. The van der Waals surface area contributed by atoms with Gasteiger partial charge >= 0.3 is 0 Å². The van der Waals surface area contributed by atoms with Gasteiger partial charge in [0.15, 0.2) is 0 Å². The van der Waals surface area contributed by atoms with E-state index in [0.717, 1.165) is 16.1 Å². The molecule has 1 N–H and O–H groups in total. The molecule has 0 aliphatic rings. The maximum Gasteiger partial charge on any atom is 0.247 e. The quantitative estimate of drug-likeness (QED) is 0.704. The first-order chi connectivity index (χ1) is 12.7. The van der Waals surface area contributed by atoms with E-state index < -0.39 is 22.0 Å². The summed E-state index contributed by atoms with van der Waals surface area (Å²) in [4.78, 5) is 12.7. The number of nitrogens with one attached hydrogen (secondary N) is 1. The van der Waals surface area contributed by atoms with E-state index in [1.165, 1.54) is 0 Å². The van der Waals surface area contributed by atoms with E-state index in [2.05, 4.69) is 11.9 Å². The predicted molar refractivity (Wildman–Crippen MR) is 109 cm³/mol. The van der Waals surface area contributed by atoms with Crippen LogP contribution in [0.25, 0.3) is 0 Å². The minimum absolute atomic E-state index is 0.391. The van der Waals surface area contributed by atoms with E-state index in [1.807, 2.05) is 13.0 Å². The fraction of sp³-hybridized carbons (Fsp3) is 0.250. The van der Waals surface area contributed by atoms with Crippen molar-refractivity contribution in [2.45, 2.75) is 19.9 Å². The number of anilines is 2. The van der Waals surface area contributed by atoms with Crippen molar-refractivity contribution in [3.63, 3.8) is 0 Å². The fourth-order valence-electron chi connectivity index (χ4n) is 2.61. The average molecular weight is 388 g/mol. The maximum atomic E-state index is 12.7. The number of ether oxygens (including phenoxy) is 1. The van der Waals surface area contributed by atoms with Gasteiger partial charge in [0.1, 0.15) is 18.4 Å². The molecule has 0 saturated carbocycles. The number of carbonyl (C=O) groups excluding carboxylic acids is 1. The minimum atomic E-state index is -3.65. The summed E-state index contributed by atoms with van der Waals surface area (Å²) in [6.45, 7) is 7.40. The molecule has 1 atom stereocenters. The molecular weight excluding hydrogens is 364 g/mol. The van der Waals surface area contributed by atoms with Gasteiger partial charge in [0.25, 0.3) is 0 Å². The van der Waals surface area contributed by atoms with Gasteiger partial charge in [-0.1, -0.05) is 24.8 Å². The lowest BCUT2D eigenvalue weighted by Gasteiger charge is -2.28. The fourth-order valence-corrected chi connectivity index (χ4v) is 3.78. The number of benzene rings is 2. The van der Waals surface area contributed by atoms with Gasteiger partial charge in [0.05, 0.1) is 11.9 Å². The summed E-state index contributed by atoms with van der Waals surface area (Å²) in [5.74, 6) is 0.222. The van der Waals surface area contributed by atoms with Crippen molar-refractivity contribution in [3.8, 4) is 5.75 Å². The summed E-state index contributed by atoms with van der Waals surface area (Å²) in [5, 5.41) is 2.74. The molecule has 0 aliphatic carbocycles. The van der Waals surface area contributed by atoms with Crippen LogP contribution in [-0.2, 0) is 14.8 Å². The van der Waals surface area contributed by atoms with Gasteiger partial charge in [-0.2, -0.15) is 0 Å². The Bertz CT molecular complexity index is 908. The highest BCUT2D eigenvalue weighted by Gasteiger charge is 2.29. The van der Waals surface area contributed by atoms with Crippen LogP contribution in [0.2, 0.25) is 0 Å². The highest BCUT2D eigenvalue weighted by molar-refractivity contribution is 7.92. The molecule has 7 heteroatoms. The largest absolute Gasteiger partial charge is 0.490 e. The molecule has 0 saturated heterocycles. The molecule has 27 heavy (non-hydrogen) atoms. The normalized spacial score (nSPS) is 12.1. The third kappa shape index (κ3) is 5.59. The van der Waals surface area contributed by atoms with E-state index in [4.69, 9.17) is 4.74 Å². The van der Waals surface area contributed by atoms with Gasteiger partial charge in [0.2, 0.25) is 15.9 Å². The van der Waals surface area contributed by atoms with Gasteiger partial charge in [0, 0.05) is 5.69 Å². The molecule has 2 rings (SSSR count). The van der Waals surface area contributed by atoms with Crippen molar-refractivity contribution in [1.82, 2.24) is 0 Å². The molecular formula is C20H24N2O4S. The smallest absolute Gasteiger partial charge is 0.247 e. The van der Waals surface area contributed by atoms with Crippen LogP contribution in [0, 0.1) is 6.92 Å². The Labute approximate surface area is 160 Å². The minimum Gasteiger partial charge on any atom is -0.490 e. The molecule has 0 fully saturated rings. The number of sulfonamides is 1. The Hall–Kier alpha value is -2.80. The highest BCUT2D eigenvalue weighted by Crippen LogP contribution is 2.23. The van der Waals surface area contributed by atoms with E-state index in [1.54, 1.807) is 55.5 Å². The van der Waals surface area contributed by atoms with Crippen LogP contribution in [0.3, 0.4) is 0 Å². The average Bonchev–Trinajstić information content (AvgIpc) is 2.60. The van der Waals surface area contributed by atoms with Crippen LogP contribution < -0.4 is 14.4 Å². The summed E-state index contributed by atoms with van der Waals surface area (Å²) in [6, 6.07) is 12.9. The van der Waals surface area contributed by atoms with Crippen molar-refractivity contribution < 1.29 is 17.9 Å². The Morgan fingerprint density at radius 3 is 2.48 bits per heavy atom. The molecule has 0 heterocycles. The highest BCUT2D eigenvalue weighted by atomic mass is 32.2. The summed E-state index contributed by atoms with van der Waals surface area (Å²) >= 11 is 0.